The van der Waals surface area contributed by atoms with Crippen molar-refractivity contribution in [1.29, 1.82) is 0 Å². The molecule has 136 valence electrons. The summed E-state index contributed by atoms with van der Waals surface area (Å²) in [5.74, 6) is -0.961. The standard InChI is InChI=1S/C19H21F4NO/c1-11(2)6-12(3)10-25-18-9-15(20)14(8-16(18)21)13-4-5-24-17(7-13)19(22)23/h4-5,7-9,11-12,19H,6,10H2,1-3H3/t12-/m0/s1. The van der Waals surface area contributed by atoms with Crippen LogP contribution in [0.15, 0.2) is 30.5 Å². The summed E-state index contributed by atoms with van der Waals surface area (Å²) in [6, 6.07) is 4.32. The highest BCUT2D eigenvalue weighted by Crippen LogP contribution is 2.31. The lowest BCUT2D eigenvalue weighted by Gasteiger charge is -2.16. The molecule has 2 aromatic rings. The quantitative estimate of drug-likeness (QED) is 0.566. The number of hydrogen-bond donors (Lipinski definition) is 0. The summed E-state index contributed by atoms with van der Waals surface area (Å²) in [6.45, 7) is 6.41. The number of halogens is 4. The Morgan fingerprint density at radius 3 is 2.40 bits per heavy atom. The van der Waals surface area contributed by atoms with Gasteiger partial charge in [0, 0.05) is 17.8 Å². The van der Waals surface area contributed by atoms with E-state index >= 15 is 0 Å². The highest BCUT2D eigenvalue weighted by Gasteiger charge is 2.16. The molecule has 0 spiro atoms. The number of nitrogens with zero attached hydrogens (tertiary/aromatic N) is 1. The Labute approximate surface area is 144 Å². The molecule has 0 aliphatic rings. The zero-order chi connectivity index (χ0) is 18.6. The number of pyridine rings is 1. The lowest BCUT2D eigenvalue weighted by atomic mass is 10.00. The second-order valence-electron chi connectivity index (χ2n) is 6.58. The van der Waals surface area contributed by atoms with Crippen LogP contribution < -0.4 is 4.74 Å². The van der Waals surface area contributed by atoms with Gasteiger partial charge in [-0.25, -0.2) is 17.6 Å². The average Bonchev–Trinajstić information content (AvgIpc) is 2.54. The molecule has 0 bridgehead atoms. The highest BCUT2D eigenvalue weighted by molar-refractivity contribution is 5.65. The van der Waals surface area contributed by atoms with Crippen molar-refractivity contribution in [2.75, 3.05) is 6.61 Å². The smallest absolute Gasteiger partial charge is 0.280 e. The van der Waals surface area contributed by atoms with Gasteiger partial charge >= 0.3 is 0 Å². The lowest BCUT2D eigenvalue weighted by Crippen LogP contribution is -2.12. The van der Waals surface area contributed by atoms with Crippen LogP contribution in [-0.4, -0.2) is 11.6 Å². The fraction of sp³-hybridized carbons (Fsp3) is 0.421. The van der Waals surface area contributed by atoms with Gasteiger partial charge in [-0.15, -0.1) is 0 Å². The summed E-state index contributed by atoms with van der Waals surface area (Å²) in [6.07, 6.45) is -0.722. The van der Waals surface area contributed by atoms with Crippen molar-refractivity contribution in [1.82, 2.24) is 4.98 Å². The summed E-state index contributed by atoms with van der Waals surface area (Å²) in [5, 5.41) is 0. The molecule has 1 aromatic heterocycles. The van der Waals surface area contributed by atoms with Gasteiger partial charge in [0.1, 0.15) is 11.5 Å². The second kappa shape index (κ2) is 8.32. The number of benzene rings is 1. The maximum atomic E-state index is 14.3. The van der Waals surface area contributed by atoms with Crippen molar-refractivity contribution in [3.8, 4) is 16.9 Å². The summed E-state index contributed by atoms with van der Waals surface area (Å²) in [5.41, 5.74) is -0.453. The monoisotopic (exact) mass is 355 g/mol. The third-order valence-electron chi connectivity index (χ3n) is 3.73. The van der Waals surface area contributed by atoms with Crippen molar-refractivity contribution in [2.24, 2.45) is 11.8 Å². The van der Waals surface area contributed by atoms with E-state index in [0.717, 1.165) is 30.8 Å². The predicted octanol–water partition coefficient (Wildman–Crippen LogP) is 6.03. The number of alkyl halides is 2. The van der Waals surface area contributed by atoms with Gasteiger partial charge in [0.05, 0.1) is 6.61 Å². The molecule has 6 heteroatoms. The van der Waals surface area contributed by atoms with Crippen LogP contribution in [0.4, 0.5) is 17.6 Å². The van der Waals surface area contributed by atoms with E-state index in [9.17, 15) is 17.6 Å². The molecule has 0 N–H and O–H groups in total. The molecule has 0 saturated heterocycles. The highest BCUT2D eigenvalue weighted by atomic mass is 19.3. The molecule has 0 aliphatic heterocycles. The second-order valence-corrected chi connectivity index (χ2v) is 6.58. The Kier molecular flexibility index (Phi) is 6.39. The summed E-state index contributed by atoms with van der Waals surface area (Å²) in [7, 11) is 0. The molecule has 1 aromatic carbocycles. The van der Waals surface area contributed by atoms with E-state index in [0.29, 0.717) is 5.92 Å². The zero-order valence-electron chi connectivity index (χ0n) is 14.4. The minimum Gasteiger partial charge on any atom is -0.490 e. The zero-order valence-corrected chi connectivity index (χ0v) is 14.4. The minimum atomic E-state index is -2.78. The van der Waals surface area contributed by atoms with Gasteiger partial charge in [-0.3, -0.25) is 4.98 Å². The fourth-order valence-electron chi connectivity index (χ4n) is 2.70. The molecule has 0 saturated carbocycles. The Hall–Kier alpha value is -2.11. The van der Waals surface area contributed by atoms with E-state index in [1.54, 1.807) is 0 Å². The SMILES string of the molecule is CC(C)C[C@H](C)COc1cc(F)c(-c2ccnc(C(F)F)c2)cc1F. The largest absolute Gasteiger partial charge is 0.490 e. The minimum absolute atomic E-state index is 0.107. The molecule has 0 unspecified atom stereocenters. The lowest BCUT2D eigenvalue weighted by molar-refractivity contribution is 0.146. The van der Waals surface area contributed by atoms with Crippen LogP contribution in [0, 0.1) is 23.5 Å². The first-order valence-electron chi connectivity index (χ1n) is 8.14. The molecule has 1 heterocycles. The van der Waals surface area contributed by atoms with Crippen LogP contribution in [0.2, 0.25) is 0 Å². The van der Waals surface area contributed by atoms with E-state index in [1.807, 2.05) is 6.92 Å². The van der Waals surface area contributed by atoms with Crippen molar-refractivity contribution in [3.63, 3.8) is 0 Å². The van der Waals surface area contributed by atoms with Crippen molar-refractivity contribution in [3.05, 3.63) is 47.8 Å². The normalized spacial score (nSPS) is 12.7. The van der Waals surface area contributed by atoms with Gasteiger partial charge in [-0.2, -0.15) is 0 Å². The Bertz CT molecular complexity index is 719. The van der Waals surface area contributed by atoms with Gasteiger partial charge in [0.25, 0.3) is 6.43 Å². The number of rotatable bonds is 7. The fourth-order valence-corrected chi connectivity index (χ4v) is 2.70. The van der Waals surface area contributed by atoms with E-state index in [4.69, 9.17) is 4.74 Å². The third kappa shape index (κ3) is 5.18. The van der Waals surface area contributed by atoms with Crippen molar-refractivity contribution < 1.29 is 22.3 Å². The molecule has 0 radical (unpaired) electrons. The maximum Gasteiger partial charge on any atom is 0.280 e. The number of aromatic nitrogens is 1. The number of ether oxygens (including phenoxy) is 1. The van der Waals surface area contributed by atoms with Crippen LogP contribution in [-0.2, 0) is 0 Å². The molecule has 0 aliphatic carbocycles. The Morgan fingerprint density at radius 2 is 1.76 bits per heavy atom. The molecular weight excluding hydrogens is 334 g/mol. The molecule has 1 atom stereocenters. The summed E-state index contributed by atoms with van der Waals surface area (Å²) >= 11 is 0. The van der Waals surface area contributed by atoms with Gasteiger partial charge in [-0.05, 0) is 42.0 Å². The van der Waals surface area contributed by atoms with E-state index in [2.05, 4.69) is 18.8 Å². The van der Waals surface area contributed by atoms with Gasteiger partial charge in [0.2, 0.25) is 0 Å². The number of hydrogen-bond acceptors (Lipinski definition) is 2. The Balaban J connectivity index is 2.21. The topological polar surface area (TPSA) is 22.1 Å². The van der Waals surface area contributed by atoms with Gasteiger partial charge in [-0.1, -0.05) is 20.8 Å². The first kappa shape index (κ1) is 19.2. The predicted molar refractivity (Wildman–Crippen MR) is 88.7 cm³/mol. The molecule has 2 nitrogen and oxygen atoms in total. The van der Waals surface area contributed by atoms with Crippen LogP contribution in [0.5, 0.6) is 5.75 Å². The van der Waals surface area contributed by atoms with Crippen LogP contribution in [0.3, 0.4) is 0 Å². The third-order valence-corrected chi connectivity index (χ3v) is 3.73. The summed E-state index contributed by atoms with van der Waals surface area (Å²) in [4.78, 5) is 3.52. The average molecular weight is 355 g/mol. The van der Waals surface area contributed by atoms with E-state index < -0.39 is 23.8 Å². The first-order valence-corrected chi connectivity index (χ1v) is 8.14. The molecule has 0 amide bonds. The van der Waals surface area contributed by atoms with Crippen molar-refractivity contribution >= 4 is 0 Å². The van der Waals surface area contributed by atoms with Crippen LogP contribution >= 0.6 is 0 Å². The van der Waals surface area contributed by atoms with Crippen LogP contribution in [0.25, 0.3) is 11.1 Å². The van der Waals surface area contributed by atoms with Crippen molar-refractivity contribution in [2.45, 2.75) is 33.6 Å². The maximum absolute atomic E-state index is 14.3. The Morgan fingerprint density at radius 1 is 1.04 bits per heavy atom. The summed E-state index contributed by atoms with van der Waals surface area (Å²) < 4.78 is 59.4. The molecule has 2 rings (SSSR count). The van der Waals surface area contributed by atoms with Gasteiger partial charge in [0.15, 0.2) is 11.6 Å². The van der Waals surface area contributed by atoms with Crippen LogP contribution in [0.1, 0.15) is 39.3 Å². The van der Waals surface area contributed by atoms with E-state index in [-0.39, 0.29) is 29.4 Å². The van der Waals surface area contributed by atoms with Gasteiger partial charge < -0.3 is 4.74 Å². The molecule has 0 fully saturated rings. The molecular formula is C19H21F4NO. The molecule has 25 heavy (non-hydrogen) atoms. The van der Waals surface area contributed by atoms with E-state index in [1.165, 1.54) is 6.07 Å². The first-order chi connectivity index (χ1) is 11.8.